The van der Waals surface area contributed by atoms with Gasteiger partial charge in [0.25, 0.3) is 0 Å². The van der Waals surface area contributed by atoms with Gasteiger partial charge in [0, 0.05) is 32.6 Å². The molecule has 0 N–H and O–H groups in total. The van der Waals surface area contributed by atoms with Gasteiger partial charge in [0.1, 0.15) is 17.5 Å². The molecule has 0 saturated carbocycles. The zero-order valence-electron chi connectivity index (χ0n) is 14.7. The molecule has 0 fully saturated rings. The Morgan fingerprint density at radius 1 is 1.19 bits per heavy atom. The zero-order chi connectivity index (χ0) is 18.5. The summed E-state index contributed by atoms with van der Waals surface area (Å²) in [5.74, 6) is -0.0181. The SMILES string of the molecule is CN(CCN(C)c1ccc(C#N)nc1)C(=O)Cc1noc2ccccc12. The summed E-state index contributed by atoms with van der Waals surface area (Å²) in [4.78, 5) is 20.2. The van der Waals surface area contributed by atoms with Gasteiger partial charge in [0.15, 0.2) is 5.58 Å². The Balaban J connectivity index is 1.56. The molecule has 26 heavy (non-hydrogen) atoms. The molecule has 7 heteroatoms. The molecule has 0 unspecified atom stereocenters. The Bertz CT molecular complexity index is 942. The number of nitrogens with zero attached hydrogens (tertiary/aromatic N) is 5. The number of hydrogen-bond acceptors (Lipinski definition) is 6. The number of likely N-dealkylation sites (N-methyl/N-ethyl adjacent to an activating group) is 2. The Morgan fingerprint density at radius 3 is 2.73 bits per heavy atom. The molecule has 1 amide bonds. The lowest BCUT2D eigenvalue weighted by Crippen LogP contribution is -2.35. The molecule has 132 valence electrons. The van der Waals surface area contributed by atoms with E-state index in [9.17, 15) is 4.79 Å². The van der Waals surface area contributed by atoms with Gasteiger partial charge >= 0.3 is 0 Å². The fourth-order valence-corrected chi connectivity index (χ4v) is 2.58. The first-order valence-electron chi connectivity index (χ1n) is 8.23. The number of hydrogen-bond donors (Lipinski definition) is 0. The number of rotatable bonds is 6. The fourth-order valence-electron chi connectivity index (χ4n) is 2.58. The third-order valence-corrected chi connectivity index (χ3v) is 4.27. The van der Waals surface area contributed by atoms with Gasteiger partial charge in [-0.1, -0.05) is 17.3 Å². The van der Waals surface area contributed by atoms with E-state index in [1.807, 2.05) is 48.3 Å². The number of amides is 1. The predicted molar refractivity (Wildman–Crippen MR) is 97.6 cm³/mol. The smallest absolute Gasteiger partial charge is 0.228 e. The van der Waals surface area contributed by atoms with Crippen molar-refractivity contribution in [3.63, 3.8) is 0 Å². The third kappa shape index (κ3) is 3.81. The molecule has 7 nitrogen and oxygen atoms in total. The van der Waals surface area contributed by atoms with Gasteiger partial charge in [0.2, 0.25) is 5.91 Å². The summed E-state index contributed by atoms with van der Waals surface area (Å²) < 4.78 is 5.25. The molecule has 3 aromatic rings. The Morgan fingerprint density at radius 2 is 2.00 bits per heavy atom. The van der Waals surface area contributed by atoms with Crippen LogP contribution in [-0.4, -0.2) is 48.1 Å². The highest BCUT2D eigenvalue weighted by atomic mass is 16.5. The topological polar surface area (TPSA) is 86.3 Å². The molecule has 3 rings (SSSR count). The number of benzene rings is 1. The van der Waals surface area contributed by atoms with Gasteiger partial charge in [-0.15, -0.1) is 0 Å². The summed E-state index contributed by atoms with van der Waals surface area (Å²) in [6.07, 6.45) is 1.86. The highest BCUT2D eigenvalue weighted by Crippen LogP contribution is 2.18. The van der Waals surface area contributed by atoms with Crippen molar-refractivity contribution in [3.05, 3.63) is 54.0 Å². The Labute approximate surface area is 151 Å². The number of nitriles is 1. The van der Waals surface area contributed by atoms with Gasteiger partial charge in [-0.2, -0.15) is 5.26 Å². The van der Waals surface area contributed by atoms with E-state index in [4.69, 9.17) is 9.78 Å². The number of aromatic nitrogens is 2. The first kappa shape index (κ1) is 17.4. The molecule has 0 saturated heterocycles. The van der Waals surface area contributed by atoms with E-state index >= 15 is 0 Å². The molecule has 0 bridgehead atoms. The molecule has 0 atom stereocenters. The van der Waals surface area contributed by atoms with Crippen LogP contribution in [0.1, 0.15) is 11.4 Å². The summed E-state index contributed by atoms with van der Waals surface area (Å²) in [6.45, 7) is 1.21. The molecule has 1 aromatic carbocycles. The maximum absolute atomic E-state index is 12.5. The van der Waals surface area contributed by atoms with Gasteiger partial charge in [-0.3, -0.25) is 4.79 Å². The van der Waals surface area contributed by atoms with Crippen LogP contribution in [0.5, 0.6) is 0 Å². The van der Waals surface area contributed by atoms with Crippen molar-refractivity contribution < 1.29 is 9.32 Å². The van der Waals surface area contributed by atoms with Crippen molar-refractivity contribution in [2.75, 3.05) is 32.1 Å². The number of fused-ring (bicyclic) bond motifs is 1. The second kappa shape index (κ2) is 7.66. The van der Waals surface area contributed by atoms with Crippen molar-refractivity contribution in [2.45, 2.75) is 6.42 Å². The molecule has 2 aromatic heterocycles. The van der Waals surface area contributed by atoms with Crippen LogP contribution in [0.3, 0.4) is 0 Å². The monoisotopic (exact) mass is 349 g/mol. The predicted octanol–water partition coefficient (Wildman–Crippen LogP) is 2.23. The second-order valence-corrected chi connectivity index (χ2v) is 6.05. The first-order valence-corrected chi connectivity index (χ1v) is 8.23. The van der Waals surface area contributed by atoms with Crippen LogP contribution in [0.2, 0.25) is 0 Å². The number of pyridine rings is 1. The average Bonchev–Trinajstić information content (AvgIpc) is 3.08. The normalized spacial score (nSPS) is 10.5. The Hall–Kier alpha value is -3.40. The first-order chi connectivity index (χ1) is 12.6. The lowest BCUT2D eigenvalue weighted by Gasteiger charge is -2.23. The van der Waals surface area contributed by atoms with E-state index in [1.54, 1.807) is 24.2 Å². The highest BCUT2D eigenvalue weighted by Gasteiger charge is 2.15. The fraction of sp³-hybridized carbons (Fsp3) is 0.263. The maximum atomic E-state index is 12.5. The third-order valence-electron chi connectivity index (χ3n) is 4.27. The summed E-state index contributed by atoms with van der Waals surface area (Å²) >= 11 is 0. The van der Waals surface area contributed by atoms with Crippen molar-refractivity contribution in [1.29, 1.82) is 5.26 Å². The molecular formula is C19H19N5O2. The van der Waals surface area contributed by atoms with Gasteiger partial charge < -0.3 is 14.3 Å². The summed E-state index contributed by atoms with van der Waals surface area (Å²) in [7, 11) is 3.70. The average molecular weight is 349 g/mol. The second-order valence-electron chi connectivity index (χ2n) is 6.05. The molecule has 0 spiro atoms. The number of anilines is 1. The van der Waals surface area contributed by atoms with E-state index in [2.05, 4.69) is 10.1 Å². The molecule has 0 radical (unpaired) electrons. The minimum absolute atomic E-state index is 0.0181. The number of carbonyl (C=O) groups excluding carboxylic acids is 1. The van der Waals surface area contributed by atoms with Gasteiger partial charge in [-0.25, -0.2) is 4.98 Å². The molecule has 0 aliphatic heterocycles. The number of para-hydroxylation sites is 1. The summed E-state index contributed by atoms with van der Waals surface area (Å²) in [6, 6.07) is 13.0. The van der Waals surface area contributed by atoms with Crippen LogP contribution in [0.15, 0.2) is 47.1 Å². The molecule has 2 heterocycles. The van der Waals surface area contributed by atoms with E-state index < -0.39 is 0 Å². The Kier molecular flexibility index (Phi) is 5.13. The number of carbonyl (C=O) groups is 1. The molecule has 0 aliphatic rings. The maximum Gasteiger partial charge on any atom is 0.228 e. The van der Waals surface area contributed by atoms with Crippen molar-refractivity contribution >= 4 is 22.6 Å². The van der Waals surface area contributed by atoms with Crippen LogP contribution in [-0.2, 0) is 11.2 Å². The van der Waals surface area contributed by atoms with E-state index in [-0.39, 0.29) is 12.3 Å². The standard InChI is InChI=1S/C19H19N5O2/c1-23(15-8-7-14(12-20)21-13-15)9-10-24(2)19(25)11-17-16-5-3-4-6-18(16)26-22-17/h3-8,13H,9-11H2,1-2H3. The van der Waals surface area contributed by atoms with Gasteiger partial charge in [0.05, 0.1) is 18.3 Å². The van der Waals surface area contributed by atoms with Crippen LogP contribution in [0.4, 0.5) is 5.69 Å². The minimum Gasteiger partial charge on any atom is -0.372 e. The quantitative estimate of drug-likeness (QED) is 0.678. The highest BCUT2D eigenvalue weighted by molar-refractivity contribution is 5.86. The molecular weight excluding hydrogens is 330 g/mol. The van der Waals surface area contributed by atoms with Crippen LogP contribution in [0.25, 0.3) is 11.0 Å². The lowest BCUT2D eigenvalue weighted by molar-refractivity contribution is -0.129. The largest absolute Gasteiger partial charge is 0.372 e. The van der Waals surface area contributed by atoms with Crippen molar-refractivity contribution in [3.8, 4) is 6.07 Å². The van der Waals surface area contributed by atoms with E-state index in [0.717, 1.165) is 11.1 Å². The zero-order valence-corrected chi connectivity index (χ0v) is 14.7. The molecule has 0 aliphatic carbocycles. The van der Waals surface area contributed by atoms with Crippen LogP contribution in [0, 0.1) is 11.3 Å². The summed E-state index contributed by atoms with van der Waals surface area (Å²) in [5, 5.41) is 13.7. The van der Waals surface area contributed by atoms with E-state index in [1.165, 1.54) is 0 Å². The van der Waals surface area contributed by atoms with Crippen molar-refractivity contribution in [2.24, 2.45) is 0 Å². The van der Waals surface area contributed by atoms with E-state index in [0.29, 0.717) is 30.1 Å². The van der Waals surface area contributed by atoms with Crippen LogP contribution >= 0.6 is 0 Å². The van der Waals surface area contributed by atoms with Crippen LogP contribution < -0.4 is 4.90 Å². The van der Waals surface area contributed by atoms with Gasteiger partial charge in [-0.05, 0) is 24.3 Å². The summed E-state index contributed by atoms with van der Waals surface area (Å²) in [5.41, 5.74) is 2.62. The lowest BCUT2D eigenvalue weighted by atomic mass is 10.1. The minimum atomic E-state index is -0.0181. The van der Waals surface area contributed by atoms with Crippen molar-refractivity contribution in [1.82, 2.24) is 15.0 Å².